The minimum atomic E-state index is 0.152. The van der Waals surface area contributed by atoms with Gasteiger partial charge in [-0.05, 0) is 24.9 Å². The topological polar surface area (TPSA) is 59.9 Å². The van der Waals surface area contributed by atoms with Gasteiger partial charge in [-0.2, -0.15) is 15.0 Å². The first-order valence-corrected chi connectivity index (χ1v) is 6.42. The Kier molecular flexibility index (Phi) is 6.62. The van der Waals surface area contributed by atoms with E-state index in [1.165, 1.54) is 12.8 Å². The molecule has 96 valence electrons. The Hall–Kier alpha value is -1.10. The molecule has 0 saturated heterocycles. The van der Waals surface area contributed by atoms with E-state index in [2.05, 4.69) is 27.2 Å². The molecule has 0 aliphatic rings. The first-order valence-electron chi connectivity index (χ1n) is 6.04. The van der Waals surface area contributed by atoms with E-state index < -0.39 is 0 Å². The number of hydrogen-bond donors (Lipinski definition) is 1. The van der Waals surface area contributed by atoms with Crippen molar-refractivity contribution in [1.29, 1.82) is 0 Å². The Morgan fingerprint density at radius 2 is 1.94 bits per heavy atom. The third-order valence-electron chi connectivity index (χ3n) is 2.15. The molecule has 6 heteroatoms. The van der Waals surface area contributed by atoms with Gasteiger partial charge in [0.25, 0.3) is 0 Å². The summed E-state index contributed by atoms with van der Waals surface area (Å²) in [6.07, 6.45) is 4.61. The smallest absolute Gasteiger partial charge is 0.322 e. The molecule has 0 aromatic carbocycles. The average molecular weight is 259 g/mol. The van der Waals surface area contributed by atoms with Crippen LogP contribution in [0.3, 0.4) is 0 Å². The summed E-state index contributed by atoms with van der Waals surface area (Å²) in [5, 5.41) is 3.13. The summed E-state index contributed by atoms with van der Waals surface area (Å²) >= 11 is 5.77. The summed E-state index contributed by atoms with van der Waals surface area (Å²) in [6, 6.07) is 0.289. The van der Waals surface area contributed by atoms with E-state index in [0.717, 1.165) is 19.4 Å². The zero-order valence-corrected chi connectivity index (χ0v) is 11.1. The number of anilines is 1. The van der Waals surface area contributed by atoms with Crippen molar-refractivity contribution < 1.29 is 4.74 Å². The van der Waals surface area contributed by atoms with Gasteiger partial charge in [-0.25, -0.2) is 0 Å². The van der Waals surface area contributed by atoms with Crippen LogP contribution in [-0.4, -0.2) is 28.1 Å². The third kappa shape index (κ3) is 5.68. The molecule has 0 amide bonds. The molecule has 17 heavy (non-hydrogen) atoms. The maximum Gasteiger partial charge on any atom is 0.322 e. The van der Waals surface area contributed by atoms with Crippen molar-refractivity contribution in [2.45, 2.75) is 39.5 Å². The van der Waals surface area contributed by atoms with E-state index in [-0.39, 0.29) is 11.3 Å². The first kappa shape index (κ1) is 14.0. The maximum atomic E-state index is 5.77. The molecule has 0 bridgehead atoms. The van der Waals surface area contributed by atoms with Gasteiger partial charge >= 0.3 is 6.01 Å². The quantitative estimate of drug-likeness (QED) is 0.727. The number of unbranched alkanes of at least 4 members (excludes halogenated alkanes) is 3. The number of hydrogen-bond acceptors (Lipinski definition) is 5. The number of rotatable bonds is 8. The van der Waals surface area contributed by atoms with Crippen LogP contribution < -0.4 is 10.1 Å². The molecule has 0 unspecified atom stereocenters. The van der Waals surface area contributed by atoms with E-state index >= 15 is 0 Å². The van der Waals surface area contributed by atoms with Crippen molar-refractivity contribution in [3.05, 3.63) is 5.28 Å². The third-order valence-corrected chi connectivity index (χ3v) is 2.32. The van der Waals surface area contributed by atoms with Crippen LogP contribution >= 0.6 is 11.6 Å². The van der Waals surface area contributed by atoms with E-state index in [0.29, 0.717) is 12.6 Å². The molecule has 1 heterocycles. The van der Waals surface area contributed by atoms with Gasteiger partial charge in [-0.1, -0.05) is 26.2 Å². The first-order chi connectivity index (χ1) is 8.26. The zero-order valence-electron chi connectivity index (χ0n) is 10.4. The number of ether oxygens (including phenoxy) is 1. The van der Waals surface area contributed by atoms with Gasteiger partial charge in [0.15, 0.2) is 0 Å². The summed E-state index contributed by atoms with van der Waals surface area (Å²) in [7, 11) is 0. The fourth-order valence-corrected chi connectivity index (χ4v) is 1.48. The normalized spacial score (nSPS) is 10.3. The number of halogens is 1. The Bertz CT molecular complexity index is 335. The fraction of sp³-hybridized carbons (Fsp3) is 0.727. The molecule has 1 N–H and O–H groups in total. The highest BCUT2D eigenvalue weighted by Crippen LogP contribution is 2.11. The fourth-order valence-electron chi connectivity index (χ4n) is 1.33. The second-order valence-electron chi connectivity index (χ2n) is 3.65. The number of nitrogens with one attached hydrogen (secondary N) is 1. The van der Waals surface area contributed by atoms with Crippen molar-refractivity contribution in [3.63, 3.8) is 0 Å². The molecule has 0 aliphatic carbocycles. The van der Waals surface area contributed by atoms with Gasteiger partial charge in [0.2, 0.25) is 11.2 Å². The van der Waals surface area contributed by atoms with Gasteiger partial charge < -0.3 is 10.1 Å². The molecule has 0 radical (unpaired) electrons. The summed E-state index contributed by atoms with van der Waals surface area (Å²) < 4.78 is 5.43. The zero-order chi connectivity index (χ0) is 12.5. The Morgan fingerprint density at radius 1 is 1.12 bits per heavy atom. The second-order valence-corrected chi connectivity index (χ2v) is 3.99. The standard InChI is InChI=1S/C11H19ClN4O/c1-3-5-6-7-8-17-11-15-9(12)14-10(16-11)13-4-2/h3-8H2,1-2H3,(H,13,14,15,16). The summed E-state index contributed by atoms with van der Waals surface area (Å²) in [5.74, 6) is 0.455. The van der Waals surface area contributed by atoms with Crippen LogP contribution in [-0.2, 0) is 0 Å². The largest absolute Gasteiger partial charge is 0.463 e. The van der Waals surface area contributed by atoms with Crippen molar-refractivity contribution in [2.75, 3.05) is 18.5 Å². The van der Waals surface area contributed by atoms with Crippen molar-refractivity contribution in [3.8, 4) is 6.01 Å². The molecular formula is C11H19ClN4O. The van der Waals surface area contributed by atoms with E-state index in [4.69, 9.17) is 16.3 Å². The van der Waals surface area contributed by atoms with Gasteiger partial charge in [0, 0.05) is 6.54 Å². The summed E-state index contributed by atoms with van der Waals surface area (Å²) in [5.41, 5.74) is 0. The predicted octanol–water partition coefficient (Wildman–Crippen LogP) is 2.92. The lowest BCUT2D eigenvalue weighted by Crippen LogP contribution is -2.07. The molecular weight excluding hydrogens is 240 g/mol. The molecule has 5 nitrogen and oxygen atoms in total. The van der Waals surface area contributed by atoms with E-state index in [1.807, 2.05) is 6.92 Å². The van der Waals surface area contributed by atoms with Gasteiger partial charge in [-0.15, -0.1) is 0 Å². The minimum Gasteiger partial charge on any atom is -0.463 e. The van der Waals surface area contributed by atoms with Gasteiger partial charge in [-0.3, -0.25) is 0 Å². The lowest BCUT2D eigenvalue weighted by atomic mass is 10.2. The van der Waals surface area contributed by atoms with E-state index in [9.17, 15) is 0 Å². The van der Waals surface area contributed by atoms with E-state index in [1.54, 1.807) is 0 Å². The Balaban J connectivity index is 2.41. The molecule has 1 aromatic heterocycles. The second kappa shape index (κ2) is 8.06. The van der Waals surface area contributed by atoms with Crippen LogP contribution in [0.4, 0.5) is 5.95 Å². The molecule has 1 rings (SSSR count). The van der Waals surface area contributed by atoms with Gasteiger partial charge in [0.05, 0.1) is 6.61 Å². The Labute approximate surface area is 107 Å². The van der Waals surface area contributed by atoms with Crippen molar-refractivity contribution in [1.82, 2.24) is 15.0 Å². The van der Waals surface area contributed by atoms with Crippen LogP contribution in [0, 0.1) is 0 Å². The monoisotopic (exact) mass is 258 g/mol. The SMILES string of the molecule is CCCCCCOc1nc(Cl)nc(NCC)n1. The molecule has 0 aliphatic heterocycles. The summed E-state index contributed by atoms with van der Waals surface area (Å²) in [4.78, 5) is 11.9. The lowest BCUT2D eigenvalue weighted by molar-refractivity contribution is 0.281. The maximum absolute atomic E-state index is 5.77. The molecule has 1 aromatic rings. The van der Waals surface area contributed by atoms with Crippen LogP contribution in [0.2, 0.25) is 5.28 Å². The number of nitrogens with zero attached hydrogens (tertiary/aromatic N) is 3. The average Bonchev–Trinajstić information content (AvgIpc) is 2.28. The highest BCUT2D eigenvalue weighted by molar-refractivity contribution is 6.28. The lowest BCUT2D eigenvalue weighted by Gasteiger charge is -2.06. The highest BCUT2D eigenvalue weighted by atomic mass is 35.5. The van der Waals surface area contributed by atoms with Crippen LogP contribution in [0.15, 0.2) is 0 Å². The number of aromatic nitrogens is 3. The Morgan fingerprint density at radius 3 is 2.65 bits per heavy atom. The van der Waals surface area contributed by atoms with Crippen molar-refractivity contribution >= 4 is 17.5 Å². The minimum absolute atomic E-state index is 0.152. The predicted molar refractivity (Wildman–Crippen MR) is 68.6 cm³/mol. The highest BCUT2D eigenvalue weighted by Gasteiger charge is 2.04. The van der Waals surface area contributed by atoms with Gasteiger partial charge in [0.1, 0.15) is 0 Å². The molecule has 0 saturated carbocycles. The van der Waals surface area contributed by atoms with Crippen LogP contribution in [0.5, 0.6) is 6.01 Å². The van der Waals surface area contributed by atoms with Crippen LogP contribution in [0.1, 0.15) is 39.5 Å². The molecule has 0 atom stereocenters. The van der Waals surface area contributed by atoms with Crippen LogP contribution in [0.25, 0.3) is 0 Å². The molecule has 0 fully saturated rings. The summed E-state index contributed by atoms with van der Waals surface area (Å²) in [6.45, 7) is 5.49. The van der Waals surface area contributed by atoms with Crippen molar-refractivity contribution in [2.24, 2.45) is 0 Å². The molecule has 0 spiro atoms.